The lowest BCUT2D eigenvalue weighted by molar-refractivity contribution is -0.162. The Morgan fingerprint density at radius 3 is 2.17 bits per heavy atom. The molecule has 1 heterocycles. The molecule has 1 aliphatic carbocycles. The number of carboxylic acids is 1. The summed E-state index contributed by atoms with van der Waals surface area (Å²) in [5.41, 5.74) is 4.22. The number of hydrogen-bond donors (Lipinski definition) is 2. The standard InChI is InChI=1S/C22H21NO7/c1-22(2)29-18(20(26)30-22)17(19(24)25)23-21(27)28-11-16-14-9-5-3-7-12(14)13-8-4-6-10-15(13)16/h3-10,16-18H,11H2,1-2H3,(H,23,27)(H,24,25). The van der Waals surface area contributed by atoms with Crippen LogP contribution in [0.1, 0.15) is 30.9 Å². The normalized spacial score (nSPS) is 20.1. The summed E-state index contributed by atoms with van der Waals surface area (Å²) in [6, 6.07) is 14.1. The van der Waals surface area contributed by atoms with Crippen LogP contribution >= 0.6 is 0 Å². The molecule has 2 atom stereocenters. The minimum atomic E-state index is -1.63. The van der Waals surface area contributed by atoms with Crippen LogP contribution in [-0.4, -0.2) is 47.7 Å². The molecule has 2 aromatic rings. The molecule has 8 nitrogen and oxygen atoms in total. The molecule has 0 bridgehead atoms. The lowest BCUT2D eigenvalue weighted by Crippen LogP contribution is -2.51. The number of carbonyl (C=O) groups is 3. The molecule has 2 N–H and O–H groups in total. The zero-order valence-electron chi connectivity index (χ0n) is 16.5. The molecule has 1 aliphatic heterocycles. The number of esters is 1. The predicted molar refractivity (Wildman–Crippen MR) is 105 cm³/mol. The predicted octanol–water partition coefficient (Wildman–Crippen LogP) is 2.66. The van der Waals surface area contributed by atoms with Crippen molar-refractivity contribution in [3.8, 4) is 11.1 Å². The van der Waals surface area contributed by atoms with Gasteiger partial charge in [0.05, 0.1) is 0 Å². The maximum Gasteiger partial charge on any atom is 0.407 e. The summed E-state index contributed by atoms with van der Waals surface area (Å²) in [5.74, 6) is -3.72. The highest BCUT2D eigenvalue weighted by molar-refractivity contribution is 5.89. The Morgan fingerprint density at radius 1 is 1.10 bits per heavy atom. The number of carbonyl (C=O) groups excluding carboxylic acids is 2. The van der Waals surface area contributed by atoms with Crippen molar-refractivity contribution in [1.29, 1.82) is 0 Å². The van der Waals surface area contributed by atoms with E-state index in [1.54, 1.807) is 0 Å². The molecule has 0 radical (unpaired) electrons. The summed E-state index contributed by atoms with van der Waals surface area (Å²) >= 11 is 0. The smallest absolute Gasteiger partial charge is 0.407 e. The van der Waals surface area contributed by atoms with Gasteiger partial charge in [-0.05, 0) is 22.3 Å². The fourth-order valence-corrected chi connectivity index (χ4v) is 3.92. The first-order chi connectivity index (χ1) is 14.3. The van der Waals surface area contributed by atoms with Crippen LogP contribution in [0.2, 0.25) is 0 Å². The Hall–Kier alpha value is -3.39. The highest BCUT2D eigenvalue weighted by Crippen LogP contribution is 2.44. The van der Waals surface area contributed by atoms with Gasteiger partial charge in [-0.1, -0.05) is 48.5 Å². The minimum absolute atomic E-state index is 0.0215. The van der Waals surface area contributed by atoms with Crippen molar-refractivity contribution in [3.63, 3.8) is 0 Å². The van der Waals surface area contributed by atoms with Crippen molar-refractivity contribution >= 4 is 18.0 Å². The number of alkyl carbamates (subject to hydrolysis) is 1. The van der Waals surface area contributed by atoms with Crippen LogP contribution in [-0.2, 0) is 23.8 Å². The lowest BCUT2D eigenvalue weighted by Gasteiger charge is -2.20. The number of benzene rings is 2. The molecule has 30 heavy (non-hydrogen) atoms. The van der Waals surface area contributed by atoms with Gasteiger partial charge in [-0.25, -0.2) is 14.4 Å². The Bertz CT molecular complexity index is 971. The Morgan fingerprint density at radius 2 is 1.67 bits per heavy atom. The first-order valence-corrected chi connectivity index (χ1v) is 9.52. The van der Waals surface area contributed by atoms with Gasteiger partial charge < -0.3 is 24.6 Å². The third-order valence-corrected chi connectivity index (χ3v) is 5.18. The monoisotopic (exact) mass is 411 g/mol. The van der Waals surface area contributed by atoms with Gasteiger partial charge in [-0.3, -0.25) is 0 Å². The maximum atomic E-state index is 12.4. The van der Waals surface area contributed by atoms with E-state index in [-0.39, 0.29) is 12.5 Å². The van der Waals surface area contributed by atoms with E-state index < -0.39 is 36.0 Å². The summed E-state index contributed by atoms with van der Waals surface area (Å²) in [6.45, 7) is 2.99. The number of fused-ring (bicyclic) bond motifs is 3. The highest BCUT2D eigenvalue weighted by atomic mass is 16.8. The molecular formula is C22H21NO7. The highest BCUT2D eigenvalue weighted by Gasteiger charge is 2.48. The summed E-state index contributed by atoms with van der Waals surface area (Å²) < 4.78 is 15.7. The van der Waals surface area contributed by atoms with E-state index in [2.05, 4.69) is 5.32 Å². The van der Waals surface area contributed by atoms with Gasteiger partial charge in [-0.2, -0.15) is 0 Å². The second-order valence-electron chi connectivity index (χ2n) is 7.65. The van der Waals surface area contributed by atoms with Crippen LogP contribution in [0.4, 0.5) is 4.79 Å². The Labute approximate surface area is 172 Å². The first kappa shape index (κ1) is 19.9. The number of ether oxygens (including phenoxy) is 3. The summed E-state index contributed by atoms with van der Waals surface area (Å²) in [5, 5.41) is 11.7. The first-order valence-electron chi connectivity index (χ1n) is 9.52. The van der Waals surface area contributed by atoms with Crippen molar-refractivity contribution in [1.82, 2.24) is 5.32 Å². The maximum absolute atomic E-state index is 12.4. The number of carboxylic acid groups (broad SMARTS) is 1. The van der Waals surface area contributed by atoms with Gasteiger partial charge in [0, 0.05) is 19.8 Å². The van der Waals surface area contributed by atoms with Crippen LogP contribution < -0.4 is 5.32 Å². The van der Waals surface area contributed by atoms with E-state index in [9.17, 15) is 19.5 Å². The van der Waals surface area contributed by atoms with Crippen LogP contribution in [0.15, 0.2) is 48.5 Å². The van der Waals surface area contributed by atoms with Crippen molar-refractivity contribution in [2.75, 3.05) is 6.61 Å². The summed E-state index contributed by atoms with van der Waals surface area (Å²) in [4.78, 5) is 35.9. The molecule has 2 unspecified atom stereocenters. The number of cyclic esters (lactones) is 1. The molecule has 2 aromatic carbocycles. The van der Waals surface area contributed by atoms with E-state index >= 15 is 0 Å². The van der Waals surface area contributed by atoms with Crippen molar-refractivity contribution in [2.24, 2.45) is 0 Å². The fourth-order valence-electron chi connectivity index (χ4n) is 3.92. The minimum Gasteiger partial charge on any atom is -0.480 e. The van der Waals surface area contributed by atoms with E-state index in [1.807, 2.05) is 48.5 Å². The zero-order valence-corrected chi connectivity index (χ0v) is 16.5. The number of amides is 1. The number of rotatable bonds is 5. The topological polar surface area (TPSA) is 111 Å². The van der Waals surface area contributed by atoms with E-state index in [1.165, 1.54) is 13.8 Å². The molecule has 0 spiro atoms. The van der Waals surface area contributed by atoms with Gasteiger partial charge in [0.25, 0.3) is 0 Å². The second-order valence-corrected chi connectivity index (χ2v) is 7.65. The Kier molecular flexibility index (Phi) is 4.95. The van der Waals surface area contributed by atoms with Crippen LogP contribution in [0.3, 0.4) is 0 Å². The molecule has 0 aromatic heterocycles. The molecule has 1 amide bonds. The summed E-state index contributed by atoms with van der Waals surface area (Å²) in [7, 11) is 0. The van der Waals surface area contributed by atoms with Gasteiger partial charge >= 0.3 is 18.0 Å². The number of nitrogens with one attached hydrogen (secondary N) is 1. The average molecular weight is 411 g/mol. The zero-order chi connectivity index (χ0) is 21.5. The molecular weight excluding hydrogens is 390 g/mol. The van der Waals surface area contributed by atoms with Crippen molar-refractivity contribution < 1.29 is 33.7 Å². The van der Waals surface area contributed by atoms with E-state index in [4.69, 9.17) is 14.2 Å². The number of hydrogen-bond acceptors (Lipinski definition) is 6. The van der Waals surface area contributed by atoms with Crippen LogP contribution in [0.25, 0.3) is 11.1 Å². The molecule has 1 fully saturated rings. The lowest BCUT2D eigenvalue weighted by atomic mass is 9.98. The van der Waals surface area contributed by atoms with Gasteiger partial charge in [-0.15, -0.1) is 0 Å². The Balaban J connectivity index is 1.46. The molecule has 4 rings (SSSR count). The molecule has 0 saturated carbocycles. The third-order valence-electron chi connectivity index (χ3n) is 5.18. The van der Waals surface area contributed by atoms with Crippen LogP contribution in [0, 0.1) is 0 Å². The molecule has 2 aliphatic rings. The van der Waals surface area contributed by atoms with Gasteiger partial charge in [0.1, 0.15) is 6.61 Å². The second kappa shape index (κ2) is 7.46. The van der Waals surface area contributed by atoms with Gasteiger partial charge in [0.15, 0.2) is 12.1 Å². The van der Waals surface area contributed by atoms with Crippen LogP contribution in [0.5, 0.6) is 0 Å². The third kappa shape index (κ3) is 3.61. The van der Waals surface area contributed by atoms with Crippen molar-refractivity contribution in [2.45, 2.75) is 37.7 Å². The van der Waals surface area contributed by atoms with E-state index in [0.717, 1.165) is 22.3 Å². The van der Waals surface area contributed by atoms with E-state index in [0.29, 0.717) is 0 Å². The number of aliphatic carboxylic acids is 1. The SMILES string of the molecule is CC1(C)OC(=O)C(C(NC(=O)OCC2c3ccccc3-c3ccccc32)C(=O)O)O1. The molecule has 8 heteroatoms. The van der Waals surface area contributed by atoms with Gasteiger partial charge in [0.2, 0.25) is 5.79 Å². The largest absolute Gasteiger partial charge is 0.480 e. The fraction of sp³-hybridized carbons (Fsp3) is 0.318. The molecule has 1 saturated heterocycles. The van der Waals surface area contributed by atoms with Crippen molar-refractivity contribution in [3.05, 3.63) is 59.7 Å². The molecule has 156 valence electrons. The quantitative estimate of drug-likeness (QED) is 0.728. The average Bonchev–Trinajstić information content (AvgIpc) is 3.17. The summed E-state index contributed by atoms with van der Waals surface area (Å²) in [6.07, 6.45) is -2.41.